The second-order valence-corrected chi connectivity index (χ2v) is 11.8. The summed E-state index contributed by atoms with van der Waals surface area (Å²) in [5, 5.41) is 2.03. The van der Waals surface area contributed by atoms with Crippen LogP contribution >= 0.6 is 0 Å². The number of methoxy groups -OCH3 is 2. The van der Waals surface area contributed by atoms with Crippen molar-refractivity contribution >= 4 is 27.7 Å². The average molecular weight is 595 g/mol. The van der Waals surface area contributed by atoms with E-state index in [1.165, 1.54) is 0 Å². The Labute approximate surface area is 256 Å². The summed E-state index contributed by atoms with van der Waals surface area (Å²) in [7, 11) is 3.29. The number of carbonyl (C=O) groups excluding carboxylic acids is 1. The molecule has 2 atom stereocenters. The number of imidazole rings is 1. The first-order valence-corrected chi connectivity index (χ1v) is 15.2. The quantitative estimate of drug-likeness (QED) is 0.263. The predicted octanol–water partition coefficient (Wildman–Crippen LogP) is 4.90. The van der Waals surface area contributed by atoms with Crippen molar-refractivity contribution in [2.24, 2.45) is 5.92 Å². The van der Waals surface area contributed by atoms with Crippen LogP contribution in [0.15, 0.2) is 54.7 Å². The Kier molecular flexibility index (Phi) is 7.69. The summed E-state index contributed by atoms with van der Waals surface area (Å²) in [5.74, 6) is 2.65. The first-order valence-electron chi connectivity index (χ1n) is 15.2. The molecule has 2 aromatic carbocycles. The maximum atomic E-state index is 14.1. The van der Waals surface area contributed by atoms with Gasteiger partial charge in [0.15, 0.2) is 0 Å². The fraction of sp³-hybridized carbons (Fsp3) is 0.382. The molecule has 10 nitrogen and oxygen atoms in total. The summed E-state index contributed by atoms with van der Waals surface area (Å²) < 4.78 is 16.8. The Hall–Kier alpha value is -4.41. The first kappa shape index (κ1) is 28.4. The van der Waals surface area contributed by atoms with Gasteiger partial charge < -0.3 is 29.1 Å². The molecule has 0 bridgehead atoms. The molecule has 0 saturated carbocycles. The molecular weight excluding hydrogens is 556 g/mol. The summed E-state index contributed by atoms with van der Waals surface area (Å²) in [4.78, 5) is 35.2. The van der Waals surface area contributed by atoms with Crippen LogP contribution in [0.25, 0.3) is 33.1 Å². The summed E-state index contributed by atoms with van der Waals surface area (Å²) in [6.45, 7) is 6.74. The van der Waals surface area contributed by atoms with Crippen molar-refractivity contribution < 1.29 is 19.0 Å². The number of piperazine rings is 1. The molecule has 3 aromatic heterocycles. The number of pyridine rings is 1. The van der Waals surface area contributed by atoms with Gasteiger partial charge in [0.2, 0.25) is 11.8 Å². The van der Waals surface area contributed by atoms with Crippen molar-refractivity contribution in [2.45, 2.75) is 25.8 Å². The van der Waals surface area contributed by atoms with Crippen LogP contribution in [-0.2, 0) is 16.0 Å². The molecule has 2 aliphatic rings. The lowest BCUT2D eigenvalue weighted by Gasteiger charge is -2.41. The van der Waals surface area contributed by atoms with E-state index in [1.54, 1.807) is 14.2 Å². The van der Waals surface area contributed by atoms with Gasteiger partial charge in [-0.15, -0.1) is 0 Å². The highest BCUT2D eigenvalue weighted by Gasteiger charge is 2.35. The number of aryl methyl sites for hydroxylation is 1. The molecule has 44 heavy (non-hydrogen) atoms. The molecule has 10 heteroatoms. The van der Waals surface area contributed by atoms with Gasteiger partial charge in [-0.05, 0) is 55.2 Å². The molecule has 2 saturated heterocycles. The van der Waals surface area contributed by atoms with E-state index in [0.29, 0.717) is 31.3 Å². The molecule has 228 valence electrons. The molecule has 5 aromatic rings. The van der Waals surface area contributed by atoms with Gasteiger partial charge in [-0.1, -0.05) is 18.2 Å². The number of para-hydroxylation sites is 1. The highest BCUT2D eigenvalue weighted by molar-refractivity contribution is 5.91. The van der Waals surface area contributed by atoms with Gasteiger partial charge in [0.25, 0.3) is 0 Å². The molecule has 2 aliphatic heterocycles. The van der Waals surface area contributed by atoms with Gasteiger partial charge >= 0.3 is 0 Å². The van der Waals surface area contributed by atoms with E-state index >= 15 is 0 Å². The predicted molar refractivity (Wildman–Crippen MR) is 169 cm³/mol. The molecule has 7 rings (SSSR count). The number of nitrogens with one attached hydrogen (secondary N) is 2. The van der Waals surface area contributed by atoms with Crippen LogP contribution in [0.4, 0.5) is 0 Å². The topological polar surface area (TPSA) is 109 Å². The van der Waals surface area contributed by atoms with E-state index in [0.717, 1.165) is 88.6 Å². The van der Waals surface area contributed by atoms with Gasteiger partial charge in [0.1, 0.15) is 17.6 Å². The van der Waals surface area contributed by atoms with Crippen LogP contribution in [0, 0.1) is 12.8 Å². The Morgan fingerprint density at radius 3 is 2.80 bits per heavy atom. The minimum Gasteiger partial charge on any atom is -0.497 e. The van der Waals surface area contributed by atoms with Gasteiger partial charge in [0, 0.05) is 54.8 Å². The number of hydrogen-bond donors (Lipinski definition) is 2. The summed E-state index contributed by atoms with van der Waals surface area (Å²) >= 11 is 0. The minimum atomic E-state index is -0.230. The molecule has 2 N–H and O–H groups in total. The molecule has 2 fully saturated rings. The first-order chi connectivity index (χ1) is 21.5. The van der Waals surface area contributed by atoms with E-state index in [-0.39, 0.29) is 11.9 Å². The van der Waals surface area contributed by atoms with Crippen molar-refractivity contribution in [3.05, 3.63) is 71.8 Å². The maximum absolute atomic E-state index is 14.1. The smallest absolute Gasteiger partial charge is 0.227 e. The van der Waals surface area contributed by atoms with E-state index in [2.05, 4.69) is 20.9 Å². The summed E-state index contributed by atoms with van der Waals surface area (Å²) in [5.41, 5.74) is 5.51. The van der Waals surface area contributed by atoms with E-state index in [1.807, 2.05) is 60.5 Å². The largest absolute Gasteiger partial charge is 0.497 e. The Balaban J connectivity index is 1.20. The van der Waals surface area contributed by atoms with Crippen LogP contribution in [-0.4, -0.2) is 89.3 Å². The van der Waals surface area contributed by atoms with Crippen LogP contribution < -0.4 is 9.47 Å². The summed E-state index contributed by atoms with van der Waals surface area (Å²) in [6.07, 6.45) is 3.20. The molecule has 0 spiro atoms. The van der Waals surface area contributed by atoms with E-state index in [4.69, 9.17) is 24.2 Å². The van der Waals surface area contributed by atoms with E-state index in [9.17, 15) is 4.79 Å². The second kappa shape index (κ2) is 11.9. The fourth-order valence-corrected chi connectivity index (χ4v) is 6.69. The highest BCUT2D eigenvalue weighted by atomic mass is 16.5. The van der Waals surface area contributed by atoms with Crippen LogP contribution in [0.1, 0.15) is 29.5 Å². The number of rotatable bonds is 8. The Morgan fingerprint density at radius 1 is 1.09 bits per heavy atom. The third-order valence-corrected chi connectivity index (χ3v) is 9.06. The van der Waals surface area contributed by atoms with Crippen molar-refractivity contribution in [3.8, 4) is 22.9 Å². The molecule has 5 heterocycles. The number of aromatic amines is 2. The fourth-order valence-electron chi connectivity index (χ4n) is 6.69. The zero-order valence-electron chi connectivity index (χ0n) is 25.4. The number of aromatic nitrogens is 4. The Morgan fingerprint density at radius 2 is 1.98 bits per heavy atom. The molecule has 0 aliphatic carbocycles. The standard InChI is InChI=1S/C34H38N6O4/c1-21-25(26-15-24(42-2)8-9-29(26)36-21)16-32(41)40-12-11-39(18-22-10-13-44-20-22)19-31(40)33-35-17-30(37-33)27-14-23-6-4-5-7-28(23)38-34(27)43-3/h4-9,14-15,17,22,31,36H,10-13,16,18-20H2,1-3H3,(H,35,37). The zero-order chi connectivity index (χ0) is 30.2. The summed E-state index contributed by atoms with van der Waals surface area (Å²) in [6, 6.07) is 15.8. The average Bonchev–Trinajstić information content (AvgIpc) is 3.81. The minimum absolute atomic E-state index is 0.0774. The van der Waals surface area contributed by atoms with Crippen molar-refractivity contribution in [1.82, 2.24) is 29.7 Å². The SMILES string of the molecule is COc1ccc2[nH]c(C)c(CC(=O)N3CCN(CC4CCOC4)CC3c3ncc(-c4cc5ccccc5nc4OC)[nH]3)c2c1. The number of hydrogen-bond acceptors (Lipinski definition) is 7. The van der Waals surface area contributed by atoms with Gasteiger partial charge in [0.05, 0.1) is 50.2 Å². The molecule has 2 unspecified atom stereocenters. The molecule has 1 amide bonds. The highest BCUT2D eigenvalue weighted by Crippen LogP contribution is 2.34. The lowest BCUT2D eigenvalue weighted by atomic mass is 10.0. The van der Waals surface area contributed by atoms with E-state index < -0.39 is 0 Å². The number of benzene rings is 2. The Bertz CT molecular complexity index is 1810. The number of nitrogens with zero attached hydrogens (tertiary/aromatic N) is 4. The lowest BCUT2D eigenvalue weighted by molar-refractivity contribution is -0.136. The number of carbonyl (C=O) groups is 1. The van der Waals surface area contributed by atoms with Gasteiger partial charge in [-0.3, -0.25) is 9.69 Å². The molecular formula is C34H38N6O4. The maximum Gasteiger partial charge on any atom is 0.227 e. The second-order valence-electron chi connectivity index (χ2n) is 11.8. The van der Waals surface area contributed by atoms with Crippen LogP contribution in [0.3, 0.4) is 0 Å². The van der Waals surface area contributed by atoms with Crippen molar-refractivity contribution in [3.63, 3.8) is 0 Å². The number of H-pyrrole nitrogens is 2. The van der Waals surface area contributed by atoms with Gasteiger partial charge in [-0.25, -0.2) is 9.97 Å². The lowest BCUT2D eigenvalue weighted by Crippen LogP contribution is -2.52. The van der Waals surface area contributed by atoms with Crippen LogP contribution in [0.5, 0.6) is 11.6 Å². The van der Waals surface area contributed by atoms with Crippen LogP contribution in [0.2, 0.25) is 0 Å². The number of fused-ring (bicyclic) bond motifs is 2. The zero-order valence-corrected chi connectivity index (χ0v) is 25.4. The number of amides is 1. The normalized spacial score (nSPS) is 19.2. The van der Waals surface area contributed by atoms with Crippen molar-refractivity contribution in [2.75, 3.05) is 53.6 Å². The van der Waals surface area contributed by atoms with Crippen molar-refractivity contribution in [1.29, 1.82) is 0 Å². The van der Waals surface area contributed by atoms with Gasteiger partial charge in [-0.2, -0.15) is 0 Å². The number of ether oxygens (including phenoxy) is 3. The third-order valence-electron chi connectivity index (χ3n) is 9.06. The molecule has 0 radical (unpaired) electrons. The third kappa shape index (κ3) is 5.39. The monoisotopic (exact) mass is 594 g/mol.